The molecule has 0 atom stereocenters. The molecule has 280 valence electrons. The molecule has 0 aromatic heterocycles. The predicted octanol–water partition coefficient (Wildman–Crippen LogP) is 9.12. The number of fused-ring (bicyclic) bond motifs is 3. The molecule has 0 saturated carbocycles. The van der Waals surface area contributed by atoms with Gasteiger partial charge in [0, 0.05) is 66.5 Å². The van der Waals surface area contributed by atoms with Crippen LogP contribution in [-0.2, 0) is 35.9 Å². The van der Waals surface area contributed by atoms with Crippen LogP contribution in [0.5, 0.6) is 17.2 Å². The van der Waals surface area contributed by atoms with E-state index in [2.05, 4.69) is 96.3 Å². The van der Waals surface area contributed by atoms with Crippen LogP contribution in [0.4, 0.5) is 4.39 Å². The number of hydrogen-bond acceptors (Lipinski definition) is 6. The SMILES string of the molecule is C.C#Cc1cc2c(c(C(C)(C)C)c1)CNCCO2.CC(C)(C)c1cc(Cl)cc2c1CNCCO2.Cc1cc(C(C)(C)C)c2c(c1F)OCCNC2. The molecule has 3 aliphatic heterocycles. The van der Waals surface area contributed by atoms with Crippen LogP contribution in [0, 0.1) is 25.1 Å². The zero-order valence-corrected chi connectivity index (χ0v) is 32.6. The van der Waals surface area contributed by atoms with Gasteiger partial charge in [-0.25, -0.2) is 4.39 Å². The van der Waals surface area contributed by atoms with E-state index in [1.807, 2.05) is 18.2 Å². The number of ether oxygens (including phenoxy) is 3. The van der Waals surface area contributed by atoms with Crippen molar-refractivity contribution in [3.8, 4) is 29.6 Å². The van der Waals surface area contributed by atoms with E-state index in [0.29, 0.717) is 37.7 Å². The largest absolute Gasteiger partial charge is 0.492 e. The van der Waals surface area contributed by atoms with Crippen molar-refractivity contribution in [2.45, 2.75) is 113 Å². The minimum atomic E-state index is -0.211. The Morgan fingerprint density at radius 1 is 0.647 bits per heavy atom. The van der Waals surface area contributed by atoms with E-state index in [4.69, 9.17) is 32.2 Å². The highest BCUT2D eigenvalue weighted by Crippen LogP contribution is 2.38. The number of hydrogen-bond donors (Lipinski definition) is 3. The van der Waals surface area contributed by atoms with E-state index in [1.165, 1.54) is 27.8 Å². The Balaban J connectivity index is 0.000000205. The van der Waals surface area contributed by atoms with Crippen molar-refractivity contribution in [2.24, 2.45) is 0 Å². The van der Waals surface area contributed by atoms with Gasteiger partial charge in [-0.05, 0) is 69.7 Å². The van der Waals surface area contributed by atoms with Crippen molar-refractivity contribution in [3.63, 3.8) is 0 Å². The summed E-state index contributed by atoms with van der Waals surface area (Å²) in [6.45, 7) is 28.3. The first-order valence-corrected chi connectivity index (χ1v) is 18.1. The Kier molecular flexibility index (Phi) is 14.5. The molecule has 0 fully saturated rings. The third-order valence-electron chi connectivity index (χ3n) is 8.98. The van der Waals surface area contributed by atoms with Gasteiger partial charge in [0.15, 0.2) is 11.6 Å². The van der Waals surface area contributed by atoms with Crippen molar-refractivity contribution in [1.29, 1.82) is 0 Å². The number of nitrogens with one attached hydrogen (secondary N) is 3. The second-order valence-electron chi connectivity index (χ2n) is 16.3. The van der Waals surface area contributed by atoms with Crippen LogP contribution in [-0.4, -0.2) is 39.5 Å². The lowest BCUT2D eigenvalue weighted by molar-refractivity contribution is 0.308. The quantitative estimate of drug-likeness (QED) is 0.201. The number of terminal acetylenes is 1. The van der Waals surface area contributed by atoms with E-state index in [-0.39, 0.29) is 29.5 Å². The van der Waals surface area contributed by atoms with Gasteiger partial charge in [0.25, 0.3) is 0 Å². The Labute approximate surface area is 312 Å². The first kappa shape index (κ1) is 42.1. The topological polar surface area (TPSA) is 63.8 Å². The van der Waals surface area contributed by atoms with Gasteiger partial charge in [-0.3, -0.25) is 0 Å². The number of benzene rings is 3. The van der Waals surface area contributed by atoms with Crippen molar-refractivity contribution in [3.05, 3.63) is 85.7 Å². The van der Waals surface area contributed by atoms with E-state index in [9.17, 15) is 4.39 Å². The fourth-order valence-corrected chi connectivity index (χ4v) is 6.64. The molecule has 0 unspecified atom stereocenters. The Morgan fingerprint density at radius 2 is 1.08 bits per heavy atom. The third kappa shape index (κ3) is 10.9. The van der Waals surface area contributed by atoms with Gasteiger partial charge in [0.1, 0.15) is 31.3 Å². The molecule has 0 bridgehead atoms. The van der Waals surface area contributed by atoms with Crippen LogP contribution in [0.1, 0.15) is 114 Å². The zero-order valence-electron chi connectivity index (χ0n) is 31.8. The Morgan fingerprint density at radius 3 is 1.57 bits per heavy atom. The van der Waals surface area contributed by atoms with Crippen LogP contribution in [0.25, 0.3) is 0 Å². The molecule has 3 aromatic rings. The summed E-state index contributed by atoms with van der Waals surface area (Å²) in [5, 5.41) is 10.8. The number of rotatable bonds is 0. The normalized spacial score (nSPS) is 15.6. The van der Waals surface area contributed by atoms with Gasteiger partial charge >= 0.3 is 0 Å². The monoisotopic (exact) mass is 721 g/mol. The summed E-state index contributed by atoms with van der Waals surface area (Å²) in [4.78, 5) is 0. The molecule has 0 aliphatic carbocycles. The van der Waals surface area contributed by atoms with Gasteiger partial charge < -0.3 is 30.2 Å². The molecule has 0 amide bonds. The van der Waals surface area contributed by atoms with Crippen molar-refractivity contribution < 1.29 is 18.6 Å². The molecule has 0 radical (unpaired) electrons. The Bertz CT molecular complexity index is 1690. The molecule has 3 aliphatic rings. The molecule has 0 saturated heterocycles. The van der Waals surface area contributed by atoms with Crippen LogP contribution in [0.15, 0.2) is 30.3 Å². The van der Waals surface area contributed by atoms with Crippen molar-refractivity contribution >= 4 is 11.6 Å². The predicted molar refractivity (Wildman–Crippen MR) is 211 cm³/mol. The van der Waals surface area contributed by atoms with Gasteiger partial charge in [-0.2, -0.15) is 0 Å². The molecular weight excluding hydrogens is 661 g/mol. The molecule has 3 heterocycles. The first-order valence-electron chi connectivity index (χ1n) is 17.7. The fourth-order valence-electron chi connectivity index (χ4n) is 6.43. The minimum absolute atomic E-state index is 0. The van der Waals surface area contributed by atoms with Gasteiger partial charge in [0.05, 0.1) is 0 Å². The van der Waals surface area contributed by atoms with E-state index in [1.54, 1.807) is 6.92 Å². The number of halogens is 2. The van der Waals surface area contributed by atoms with Crippen LogP contribution in [0.3, 0.4) is 0 Å². The number of aryl methyl sites for hydroxylation is 1. The van der Waals surface area contributed by atoms with Crippen LogP contribution >= 0.6 is 11.6 Å². The molecule has 0 spiro atoms. The summed E-state index contributed by atoms with van der Waals surface area (Å²) in [5.41, 5.74) is 8.89. The van der Waals surface area contributed by atoms with Gasteiger partial charge in [0.2, 0.25) is 0 Å². The summed E-state index contributed by atoms with van der Waals surface area (Å²) < 4.78 is 31.1. The second kappa shape index (κ2) is 17.5. The summed E-state index contributed by atoms with van der Waals surface area (Å²) in [6.07, 6.45) is 5.51. The lowest BCUT2D eigenvalue weighted by atomic mass is 9.82. The summed E-state index contributed by atoms with van der Waals surface area (Å²) in [7, 11) is 0. The van der Waals surface area contributed by atoms with Gasteiger partial charge in [-0.15, -0.1) is 6.42 Å². The molecule has 8 heteroatoms. The lowest BCUT2D eigenvalue weighted by Crippen LogP contribution is -2.20. The minimum Gasteiger partial charge on any atom is -0.492 e. The van der Waals surface area contributed by atoms with E-state index < -0.39 is 0 Å². The molecule has 6 nitrogen and oxygen atoms in total. The van der Waals surface area contributed by atoms with E-state index >= 15 is 0 Å². The summed E-state index contributed by atoms with van der Waals surface area (Å²) >= 11 is 6.14. The molecule has 6 rings (SSSR count). The average molecular weight is 722 g/mol. The molecule has 3 aromatic carbocycles. The highest BCUT2D eigenvalue weighted by atomic mass is 35.5. The van der Waals surface area contributed by atoms with Crippen molar-refractivity contribution in [1.82, 2.24) is 16.0 Å². The third-order valence-corrected chi connectivity index (χ3v) is 9.20. The maximum Gasteiger partial charge on any atom is 0.168 e. The first-order chi connectivity index (χ1) is 23.4. The highest BCUT2D eigenvalue weighted by molar-refractivity contribution is 6.30. The van der Waals surface area contributed by atoms with Crippen LogP contribution in [0.2, 0.25) is 5.02 Å². The molecule has 3 N–H and O–H groups in total. The smallest absolute Gasteiger partial charge is 0.168 e. The maximum absolute atomic E-state index is 14.1. The average Bonchev–Trinajstić information content (AvgIpc) is 3.53. The maximum atomic E-state index is 14.1. The van der Waals surface area contributed by atoms with Crippen LogP contribution < -0.4 is 30.2 Å². The fraction of sp³-hybridized carbons (Fsp3) is 0.535. The second-order valence-corrected chi connectivity index (χ2v) is 16.7. The Hall–Kier alpha value is -3.28. The van der Waals surface area contributed by atoms with Gasteiger partial charge in [-0.1, -0.05) is 93.3 Å². The standard InChI is InChI=1S/C15H19NO.C14H20FNO.C13H18ClNO.CH4/c1-5-11-8-13(15(2,3)4)12-10-16-6-7-17-14(12)9-11;1-9-7-11(14(2,3)4)10-8-16-5-6-17-13(10)12(9)15;1-13(2,3)11-6-9(14)7-12-10(11)8-15-4-5-16-12;/h1,8-9,16H,6-7,10H2,2-4H3;7,16H,5-6,8H2,1-4H3;6-7,15H,4-5,8H2,1-3H3;1H4. The summed E-state index contributed by atoms with van der Waals surface area (Å²) in [5.74, 6) is 4.82. The lowest BCUT2D eigenvalue weighted by Gasteiger charge is -2.25. The zero-order chi connectivity index (χ0) is 36.9. The molecular formula is C43H61ClFN3O3. The van der Waals surface area contributed by atoms with E-state index in [0.717, 1.165) is 60.4 Å². The summed E-state index contributed by atoms with van der Waals surface area (Å²) in [6, 6.07) is 9.99. The molecule has 51 heavy (non-hydrogen) atoms. The van der Waals surface area contributed by atoms with Crippen molar-refractivity contribution in [2.75, 3.05) is 39.5 Å². The highest BCUT2D eigenvalue weighted by Gasteiger charge is 2.27.